The van der Waals surface area contributed by atoms with Gasteiger partial charge in [-0.3, -0.25) is 4.57 Å². The highest BCUT2D eigenvalue weighted by molar-refractivity contribution is 7.99. The molecule has 0 amide bonds. The topological polar surface area (TPSA) is 62.7 Å². The van der Waals surface area contributed by atoms with Gasteiger partial charge in [0.2, 0.25) is 0 Å². The van der Waals surface area contributed by atoms with Crippen molar-refractivity contribution in [3.63, 3.8) is 0 Å². The van der Waals surface area contributed by atoms with Crippen molar-refractivity contribution in [2.45, 2.75) is 29.3 Å². The molecule has 0 spiro atoms. The predicted molar refractivity (Wildman–Crippen MR) is 80.0 cm³/mol. The first-order chi connectivity index (χ1) is 9.70. The smallest absolute Gasteiger partial charge is 0.312 e. The maximum Gasteiger partial charge on any atom is 0.343 e. The van der Waals surface area contributed by atoms with Crippen molar-refractivity contribution >= 4 is 11.8 Å². The van der Waals surface area contributed by atoms with E-state index in [0.717, 1.165) is 18.0 Å². The molecule has 6 heteroatoms. The zero-order valence-corrected chi connectivity index (χ0v) is 12.4. The summed E-state index contributed by atoms with van der Waals surface area (Å²) in [5, 5.41) is 11.1. The van der Waals surface area contributed by atoms with Crippen molar-refractivity contribution in [3.05, 3.63) is 45.9 Å². The number of benzene rings is 1. The fraction of sp³-hybridized carbons (Fsp3) is 0.429. The number of fused-ring (bicyclic) bond motifs is 1. The van der Waals surface area contributed by atoms with Crippen LogP contribution in [0.25, 0.3) is 0 Å². The number of thioether (sulfide) groups is 1. The molecule has 106 valence electrons. The number of aryl methyl sites for hydroxylation is 1. The number of nitrogens with one attached hydrogen (secondary N) is 2. The van der Waals surface area contributed by atoms with E-state index in [0.29, 0.717) is 5.25 Å². The molecule has 0 aliphatic heterocycles. The maximum absolute atomic E-state index is 11.4. The minimum Gasteiger partial charge on any atom is -0.312 e. The number of aromatic nitrogens is 3. The van der Waals surface area contributed by atoms with E-state index >= 15 is 0 Å². The molecule has 0 saturated heterocycles. The molecule has 20 heavy (non-hydrogen) atoms. The van der Waals surface area contributed by atoms with Crippen LogP contribution in [0.1, 0.15) is 23.6 Å². The first-order valence-electron chi connectivity index (χ1n) is 6.74. The zero-order valence-electron chi connectivity index (χ0n) is 11.6. The van der Waals surface area contributed by atoms with E-state index in [4.69, 9.17) is 0 Å². The molecule has 0 saturated carbocycles. The molecule has 0 fully saturated rings. The van der Waals surface area contributed by atoms with Crippen LogP contribution in [0.5, 0.6) is 0 Å². The van der Waals surface area contributed by atoms with Gasteiger partial charge in [-0.05, 0) is 31.0 Å². The lowest BCUT2D eigenvalue weighted by Gasteiger charge is -2.32. The van der Waals surface area contributed by atoms with Crippen molar-refractivity contribution in [3.8, 4) is 0 Å². The van der Waals surface area contributed by atoms with Crippen LogP contribution in [0.3, 0.4) is 0 Å². The molecule has 2 N–H and O–H groups in total. The number of rotatable bonds is 3. The van der Waals surface area contributed by atoms with E-state index in [2.05, 4.69) is 39.8 Å². The molecule has 0 bridgehead atoms. The Morgan fingerprint density at radius 2 is 2.25 bits per heavy atom. The number of hydrogen-bond donors (Lipinski definition) is 2. The van der Waals surface area contributed by atoms with Gasteiger partial charge < -0.3 is 5.32 Å². The van der Waals surface area contributed by atoms with E-state index in [1.165, 1.54) is 11.1 Å². The van der Waals surface area contributed by atoms with Crippen LogP contribution in [-0.2, 0) is 13.5 Å². The second-order valence-corrected chi connectivity index (χ2v) is 6.24. The lowest BCUT2D eigenvalue weighted by atomic mass is 9.87. The summed E-state index contributed by atoms with van der Waals surface area (Å²) in [5.41, 5.74) is 2.61. The fourth-order valence-electron chi connectivity index (χ4n) is 2.77. The average molecular weight is 290 g/mol. The van der Waals surface area contributed by atoms with E-state index in [1.807, 2.05) is 7.05 Å². The molecule has 2 atom stereocenters. The summed E-state index contributed by atoms with van der Waals surface area (Å²) in [4.78, 5) is 11.4. The quantitative estimate of drug-likeness (QED) is 0.899. The standard InChI is InChI=1S/C14H18N4OS/c1-15-12-10-6-4-3-5-9(10)7-8-11(12)20-14-17-16-13(19)18(14)2/h3-6,11-12,15H,7-8H2,1-2H3,(H,16,19). The molecule has 1 aliphatic rings. The zero-order chi connectivity index (χ0) is 14.1. The maximum atomic E-state index is 11.4. The Hall–Kier alpha value is -1.53. The van der Waals surface area contributed by atoms with Gasteiger partial charge >= 0.3 is 5.69 Å². The van der Waals surface area contributed by atoms with Gasteiger partial charge in [0.05, 0.1) is 0 Å². The van der Waals surface area contributed by atoms with Crippen LogP contribution in [0.2, 0.25) is 0 Å². The molecule has 1 aromatic carbocycles. The third-order valence-corrected chi connectivity index (χ3v) is 5.25. The lowest BCUT2D eigenvalue weighted by molar-refractivity contribution is 0.509. The summed E-state index contributed by atoms with van der Waals surface area (Å²) in [7, 11) is 3.74. The Morgan fingerprint density at radius 1 is 1.45 bits per heavy atom. The summed E-state index contributed by atoms with van der Waals surface area (Å²) < 4.78 is 1.57. The van der Waals surface area contributed by atoms with Crippen LogP contribution < -0.4 is 11.0 Å². The van der Waals surface area contributed by atoms with Gasteiger partial charge in [-0.2, -0.15) is 0 Å². The third-order valence-electron chi connectivity index (χ3n) is 3.87. The van der Waals surface area contributed by atoms with Crippen LogP contribution in [-0.4, -0.2) is 27.1 Å². The van der Waals surface area contributed by atoms with Gasteiger partial charge in [0.1, 0.15) is 0 Å². The van der Waals surface area contributed by atoms with Gasteiger partial charge in [-0.15, -0.1) is 5.10 Å². The normalized spacial score (nSPS) is 21.7. The van der Waals surface area contributed by atoms with Crippen molar-refractivity contribution in [2.24, 2.45) is 7.05 Å². The largest absolute Gasteiger partial charge is 0.343 e. The Bertz CT molecular complexity index is 663. The lowest BCUT2D eigenvalue weighted by Crippen LogP contribution is -2.32. The molecular formula is C14H18N4OS. The molecule has 1 aromatic heterocycles. The third kappa shape index (κ3) is 2.29. The van der Waals surface area contributed by atoms with Crippen LogP contribution in [0.15, 0.2) is 34.2 Å². The van der Waals surface area contributed by atoms with E-state index < -0.39 is 0 Å². The number of H-pyrrole nitrogens is 1. The van der Waals surface area contributed by atoms with Gasteiger partial charge in [0.15, 0.2) is 5.16 Å². The first-order valence-corrected chi connectivity index (χ1v) is 7.62. The van der Waals surface area contributed by atoms with Gasteiger partial charge in [-0.25, -0.2) is 9.89 Å². The summed E-state index contributed by atoms with van der Waals surface area (Å²) in [6, 6.07) is 8.85. The van der Waals surface area contributed by atoms with Crippen LogP contribution in [0.4, 0.5) is 0 Å². The van der Waals surface area contributed by atoms with Crippen molar-refractivity contribution < 1.29 is 0 Å². The molecule has 5 nitrogen and oxygen atoms in total. The summed E-state index contributed by atoms with van der Waals surface area (Å²) in [6.45, 7) is 0. The van der Waals surface area contributed by atoms with E-state index in [9.17, 15) is 4.79 Å². The minimum absolute atomic E-state index is 0.162. The number of aromatic amines is 1. The Labute approximate surface area is 121 Å². The molecule has 2 aromatic rings. The van der Waals surface area contributed by atoms with Crippen molar-refractivity contribution in [2.75, 3.05) is 7.05 Å². The molecule has 0 radical (unpaired) electrons. The van der Waals surface area contributed by atoms with Crippen LogP contribution >= 0.6 is 11.8 Å². The van der Waals surface area contributed by atoms with Crippen LogP contribution in [0, 0.1) is 0 Å². The van der Waals surface area contributed by atoms with Gasteiger partial charge in [0.25, 0.3) is 0 Å². The Morgan fingerprint density at radius 3 is 2.95 bits per heavy atom. The highest BCUT2D eigenvalue weighted by Crippen LogP contribution is 2.38. The van der Waals surface area contributed by atoms with Crippen molar-refractivity contribution in [1.29, 1.82) is 0 Å². The monoisotopic (exact) mass is 290 g/mol. The van der Waals surface area contributed by atoms with Gasteiger partial charge in [-0.1, -0.05) is 36.0 Å². The van der Waals surface area contributed by atoms with E-state index in [-0.39, 0.29) is 11.7 Å². The molecule has 1 aliphatic carbocycles. The molecule has 2 unspecified atom stereocenters. The fourth-order valence-corrected chi connectivity index (χ4v) is 4.04. The van der Waals surface area contributed by atoms with Gasteiger partial charge in [0, 0.05) is 18.3 Å². The predicted octanol–water partition coefficient (Wildman–Crippen LogP) is 1.48. The second kappa shape index (κ2) is 5.46. The summed E-state index contributed by atoms with van der Waals surface area (Å²) in [6.07, 6.45) is 2.15. The molecule has 1 heterocycles. The molecular weight excluding hydrogens is 272 g/mol. The summed E-state index contributed by atoms with van der Waals surface area (Å²) in [5.74, 6) is 0. The Balaban J connectivity index is 1.88. The summed E-state index contributed by atoms with van der Waals surface area (Å²) >= 11 is 1.67. The number of hydrogen-bond acceptors (Lipinski definition) is 4. The second-order valence-electron chi connectivity index (χ2n) is 5.03. The number of nitrogens with zero attached hydrogens (tertiary/aromatic N) is 2. The Kier molecular flexibility index (Phi) is 3.67. The average Bonchev–Trinajstić information content (AvgIpc) is 2.79. The SMILES string of the molecule is CNC1c2ccccc2CCC1Sc1n[nH]c(=O)n1C. The highest BCUT2D eigenvalue weighted by atomic mass is 32.2. The van der Waals surface area contributed by atoms with Crippen molar-refractivity contribution in [1.82, 2.24) is 20.1 Å². The van der Waals surface area contributed by atoms with E-state index in [1.54, 1.807) is 23.4 Å². The molecule has 3 rings (SSSR count). The minimum atomic E-state index is -0.162. The highest BCUT2D eigenvalue weighted by Gasteiger charge is 2.30. The first kappa shape index (κ1) is 13.5.